The van der Waals surface area contributed by atoms with Crippen molar-refractivity contribution in [3.05, 3.63) is 12.2 Å². The molecule has 80 valence electrons. The number of nitrogens with zero attached hydrogens (tertiary/aromatic N) is 1. The Morgan fingerprint density at radius 1 is 1.57 bits per heavy atom. The molecule has 0 aliphatic heterocycles. The first kappa shape index (κ1) is 12.6. The van der Waals surface area contributed by atoms with Gasteiger partial charge in [0, 0.05) is 0 Å². The standard InChI is InChI=1S/C9H17N3O2/c1-7(10)12-6-4-3-5-9(2,11)8(13)14/h3-4H,5-6,11H2,1-2H3,(H2,10,12)(H,13,14)/t9-/m1/s1. The number of carbonyl (C=O) groups is 1. The summed E-state index contributed by atoms with van der Waals surface area (Å²) in [4.78, 5) is 14.5. The third-order valence-corrected chi connectivity index (χ3v) is 1.64. The van der Waals surface area contributed by atoms with E-state index in [0.717, 1.165) is 0 Å². The highest BCUT2D eigenvalue weighted by molar-refractivity contribution is 5.78. The molecular formula is C9H17N3O2. The molecule has 0 aromatic heterocycles. The van der Waals surface area contributed by atoms with Crippen LogP contribution >= 0.6 is 0 Å². The van der Waals surface area contributed by atoms with Crippen molar-refractivity contribution in [2.75, 3.05) is 6.54 Å². The highest BCUT2D eigenvalue weighted by atomic mass is 16.4. The van der Waals surface area contributed by atoms with Gasteiger partial charge in [0.05, 0.1) is 12.4 Å². The molecule has 5 nitrogen and oxygen atoms in total. The highest BCUT2D eigenvalue weighted by Crippen LogP contribution is 2.06. The maximum absolute atomic E-state index is 10.6. The summed E-state index contributed by atoms with van der Waals surface area (Å²) < 4.78 is 0. The lowest BCUT2D eigenvalue weighted by Gasteiger charge is -2.15. The van der Waals surface area contributed by atoms with E-state index in [1.165, 1.54) is 6.92 Å². The minimum Gasteiger partial charge on any atom is -0.480 e. The van der Waals surface area contributed by atoms with E-state index in [9.17, 15) is 4.79 Å². The van der Waals surface area contributed by atoms with Crippen LogP contribution in [0.1, 0.15) is 20.3 Å². The maximum atomic E-state index is 10.6. The summed E-state index contributed by atoms with van der Waals surface area (Å²) in [7, 11) is 0. The van der Waals surface area contributed by atoms with Gasteiger partial charge in [-0.15, -0.1) is 0 Å². The number of carboxylic acids is 1. The minimum absolute atomic E-state index is 0.279. The van der Waals surface area contributed by atoms with Crippen LogP contribution in [-0.2, 0) is 4.79 Å². The molecular weight excluding hydrogens is 182 g/mol. The number of amidine groups is 1. The second-order valence-corrected chi connectivity index (χ2v) is 3.38. The van der Waals surface area contributed by atoms with E-state index in [-0.39, 0.29) is 6.42 Å². The fraction of sp³-hybridized carbons (Fsp3) is 0.556. The molecule has 5 heteroatoms. The van der Waals surface area contributed by atoms with Crippen LogP contribution in [0.2, 0.25) is 0 Å². The second-order valence-electron chi connectivity index (χ2n) is 3.38. The van der Waals surface area contributed by atoms with Gasteiger partial charge < -0.3 is 16.6 Å². The fourth-order valence-electron chi connectivity index (χ4n) is 0.687. The monoisotopic (exact) mass is 199 g/mol. The average molecular weight is 199 g/mol. The van der Waals surface area contributed by atoms with Crippen molar-refractivity contribution < 1.29 is 9.90 Å². The number of aliphatic imine (C=N–C) groups is 1. The predicted octanol–water partition coefficient (Wildman–Crippen LogP) is 0.112. The number of carboxylic acid groups (broad SMARTS) is 1. The Morgan fingerprint density at radius 2 is 2.14 bits per heavy atom. The lowest BCUT2D eigenvalue weighted by molar-refractivity contribution is -0.142. The normalized spacial score (nSPS) is 16.9. The van der Waals surface area contributed by atoms with Gasteiger partial charge in [-0.2, -0.15) is 0 Å². The first-order valence-electron chi connectivity index (χ1n) is 4.30. The van der Waals surface area contributed by atoms with Crippen LogP contribution in [0.4, 0.5) is 0 Å². The van der Waals surface area contributed by atoms with Crippen molar-refractivity contribution in [1.82, 2.24) is 0 Å². The molecule has 0 fully saturated rings. The van der Waals surface area contributed by atoms with Crippen molar-refractivity contribution in [3.8, 4) is 0 Å². The van der Waals surface area contributed by atoms with E-state index in [4.69, 9.17) is 16.6 Å². The van der Waals surface area contributed by atoms with Crippen LogP contribution < -0.4 is 11.5 Å². The number of hydrogen-bond acceptors (Lipinski definition) is 3. The van der Waals surface area contributed by atoms with Crippen LogP contribution in [0, 0.1) is 0 Å². The lowest BCUT2D eigenvalue weighted by Crippen LogP contribution is -2.44. The number of aliphatic carboxylic acids is 1. The van der Waals surface area contributed by atoms with Crippen LogP contribution in [0.3, 0.4) is 0 Å². The second kappa shape index (κ2) is 5.39. The van der Waals surface area contributed by atoms with Gasteiger partial charge in [0.25, 0.3) is 0 Å². The summed E-state index contributed by atoms with van der Waals surface area (Å²) in [5.41, 5.74) is 9.59. The largest absolute Gasteiger partial charge is 0.480 e. The van der Waals surface area contributed by atoms with Gasteiger partial charge in [-0.1, -0.05) is 12.2 Å². The SMILES string of the molecule is CC(N)=NCC=CC[C@@](C)(N)C(=O)O. The first-order valence-corrected chi connectivity index (χ1v) is 4.30. The number of hydrogen-bond donors (Lipinski definition) is 3. The van der Waals surface area contributed by atoms with Gasteiger partial charge in [0.1, 0.15) is 5.54 Å². The number of rotatable bonds is 5. The topological polar surface area (TPSA) is 102 Å². The molecule has 0 amide bonds. The zero-order valence-electron chi connectivity index (χ0n) is 8.53. The molecule has 0 radical (unpaired) electrons. The van der Waals surface area contributed by atoms with Crippen LogP contribution in [-0.4, -0.2) is 29.0 Å². The first-order chi connectivity index (χ1) is 6.36. The zero-order valence-corrected chi connectivity index (χ0v) is 8.53. The minimum atomic E-state index is -1.21. The van der Waals surface area contributed by atoms with Crippen molar-refractivity contribution in [2.45, 2.75) is 25.8 Å². The molecule has 0 aromatic rings. The molecule has 0 aliphatic carbocycles. The lowest BCUT2D eigenvalue weighted by atomic mass is 10.00. The molecule has 0 heterocycles. The van der Waals surface area contributed by atoms with Crippen molar-refractivity contribution in [3.63, 3.8) is 0 Å². The molecule has 0 saturated heterocycles. The summed E-state index contributed by atoms with van der Waals surface area (Å²) in [6.07, 6.45) is 3.71. The highest BCUT2D eigenvalue weighted by Gasteiger charge is 2.25. The summed E-state index contributed by atoms with van der Waals surface area (Å²) in [6, 6.07) is 0. The van der Waals surface area contributed by atoms with Gasteiger partial charge in [-0.25, -0.2) is 0 Å². The quantitative estimate of drug-likeness (QED) is 0.332. The van der Waals surface area contributed by atoms with Gasteiger partial charge in [-0.3, -0.25) is 9.79 Å². The fourth-order valence-corrected chi connectivity index (χ4v) is 0.687. The predicted molar refractivity (Wildman–Crippen MR) is 56.1 cm³/mol. The van der Waals surface area contributed by atoms with Crippen molar-refractivity contribution in [2.24, 2.45) is 16.5 Å². The Balaban J connectivity index is 3.94. The van der Waals surface area contributed by atoms with Crippen LogP contribution in [0.15, 0.2) is 17.1 Å². The van der Waals surface area contributed by atoms with Crippen molar-refractivity contribution >= 4 is 11.8 Å². The molecule has 1 atom stereocenters. The van der Waals surface area contributed by atoms with Gasteiger partial charge in [0.2, 0.25) is 0 Å². The van der Waals surface area contributed by atoms with E-state index in [1.807, 2.05) is 0 Å². The Morgan fingerprint density at radius 3 is 2.57 bits per heavy atom. The van der Waals surface area contributed by atoms with Crippen molar-refractivity contribution in [1.29, 1.82) is 0 Å². The molecule has 0 rings (SSSR count). The van der Waals surface area contributed by atoms with E-state index in [0.29, 0.717) is 12.4 Å². The summed E-state index contributed by atoms with van der Waals surface area (Å²) in [5, 5.41) is 8.68. The maximum Gasteiger partial charge on any atom is 0.323 e. The summed E-state index contributed by atoms with van der Waals surface area (Å²) in [5.74, 6) is -0.510. The summed E-state index contributed by atoms with van der Waals surface area (Å²) in [6.45, 7) is 3.62. The summed E-state index contributed by atoms with van der Waals surface area (Å²) >= 11 is 0. The van der Waals surface area contributed by atoms with Crippen LogP contribution in [0.5, 0.6) is 0 Å². The van der Waals surface area contributed by atoms with E-state index < -0.39 is 11.5 Å². The molecule has 0 unspecified atom stereocenters. The Kier molecular flexibility index (Phi) is 4.86. The number of nitrogens with two attached hydrogens (primary N) is 2. The molecule has 0 aliphatic rings. The van der Waals surface area contributed by atoms with E-state index in [2.05, 4.69) is 4.99 Å². The van der Waals surface area contributed by atoms with Crippen LogP contribution in [0.25, 0.3) is 0 Å². The Hall–Kier alpha value is -1.36. The third kappa shape index (κ3) is 5.31. The Bertz CT molecular complexity index is 253. The molecule has 0 saturated carbocycles. The molecule has 14 heavy (non-hydrogen) atoms. The third-order valence-electron chi connectivity index (χ3n) is 1.64. The van der Waals surface area contributed by atoms with E-state index in [1.54, 1.807) is 19.1 Å². The van der Waals surface area contributed by atoms with Gasteiger partial charge in [0.15, 0.2) is 0 Å². The smallest absolute Gasteiger partial charge is 0.323 e. The zero-order chi connectivity index (χ0) is 11.2. The van der Waals surface area contributed by atoms with E-state index >= 15 is 0 Å². The molecule has 0 bridgehead atoms. The average Bonchev–Trinajstić information content (AvgIpc) is 2.02. The molecule has 0 spiro atoms. The molecule has 0 aromatic carbocycles. The molecule has 5 N–H and O–H groups in total. The Labute approximate surface area is 83.5 Å². The van der Waals surface area contributed by atoms with Gasteiger partial charge >= 0.3 is 5.97 Å². The van der Waals surface area contributed by atoms with Gasteiger partial charge in [-0.05, 0) is 20.3 Å².